The molecule has 1 aromatic heterocycles. The Morgan fingerprint density at radius 2 is 2.29 bits per heavy atom. The number of aromatic nitrogens is 2. The number of rotatable bonds is 5. The molecule has 0 amide bonds. The normalized spacial score (nSPS) is 11.5. The molecule has 6 nitrogen and oxygen atoms in total. The SMILES string of the molecule is NCCS(=O)(=O)NCc1ccncn1. The second kappa shape index (κ2) is 4.99. The molecule has 0 radical (unpaired) electrons. The monoisotopic (exact) mass is 216 g/mol. The van der Waals surface area contributed by atoms with Crippen LogP contribution >= 0.6 is 0 Å². The summed E-state index contributed by atoms with van der Waals surface area (Å²) in [4.78, 5) is 7.59. The summed E-state index contributed by atoms with van der Waals surface area (Å²) >= 11 is 0. The molecule has 0 saturated heterocycles. The van der Waals surface area contributed by atoms with Gasteiger partial charge in [-0.1, -0.05) is 0 Å². The maximum absolute atomic E-state index is 11.2. The molecular weight excluding hydrogens is 204 g/mol. The fraction of sp³-hybridized carbons (Fsp3) is 0.429. The highest BCUT2D eigenvalue weighted by Crippen LogP contribution is 1.92. The topological polar surface area (TPSA) is 98.0 Å². The molecule has 0 fully saturated rings. The van der Waals surface area contributed by atoms with Crippen molar-refractivity contribution in [3.8, 4) is 0 Å². The Morgan fingerprint density at radius 3 is 2.86 bits per heavy atom. The van der Waals surface area contributed by atoms with Gasteiger partial charge in [-0.15, -0.1) is 0 Å². The van der Waals surface area contributed by atoms with Crippen LogP contribution in [0.4, 0.5) is 0 Å². The van der Waals surface area contributed by atoms with Gasteiger partial charge >= 0.3 is 0 Å². The first-order valence-corrected chi connectivity index (χ1v) is 5.71. The van der Waals surface area contributed by atoms with Gasteiger partial charge in [-0.25, -0.2) is 23.1 Å². The summed E-state index contributed by atoms with van der Waals surface area (Å²) in [7, 11) is -3.27. The number of hydrogen-bond donors (Lipinski definition) is 2. The van der Waals surface area contributed by atoms with Crippen molar-refractivity contribution in [2.75, 3.05) is 12.3 Å². The largest absolute Gasteiger partial charge is 0.329 e. The van der Waals surface area contributed by atoms with Crippen molar-refractivity contribution in [2.24, 2.45) is 5.73 Å². The first-order chi connectivity index (χ1) is 6.64. The van der Waals surface area contributed by atoms with E-state index in [1.54, 1.807) is 12.3 Å². The van der Waals surface area contributed by atoms with E-state index in [2.05, 4.69) is 14.7 Å². The van der Waals surface area contributed by atoms with Crippen molar-refractivity contribution >= 4 is 10.0 Å². The Kier molecular flexibility index (Phi) is 3.93. The van der Waals surface area contributed by atoms with E-state index in [0.29, 0.717) is 5.69 Å². The Bertz CT molecular complexity index is 365. The standard InChI is InChI=1S/C7H12N4O2S/c8-2-4-14(12,13)11-5-7-1-3-9-6-10-7/h1,3,6,11H,2,4-5,8H2. The van der Waals surface area contributed by atoms with Gasteiger partial charge in [0.05, 0.1) is 18.0 Å². The van der Waals surface area contributed by atoms with Crippen LogP contribution in [0.5, 0.6) is 0 Å². The lowest BCUT2D eigenvalue weighted by Crippen LogP contribution is -2.29. The number of nitrogens with two attached hydrogens (primary N) is 1. The highest BCUT2D eigenvalue weighted by atomic mass is 32.2. The van der Waals surface area contributed by atoms with Gasteiger partial charge in [0, 0.05) is 12.7 Å². The molecule has 0 aliphatic heterocycles. The summed E-state index contributed by atoms with van der Waals surface area (Å²) in [6.45, 7) is 0.282. The summed E-state index contributed by atoms with van der Waals surface area (Å²) in [5.41, 5.74) is 5.76. The van der Waals surface area contributed by atoms with E-state index in [4.69, 9.17) is 5.73 Å². The first-order valence-electron chi connectivity index (χ1n) is 4.06. The van der Waals surface area contributed by atoms with Gasteiger partial charge < -0.3 is 5.73 Å². The zero-order chi connectivity index (χ0) is 10.4. The molecule has 1 aromatic rings. The number of nitrogens with one attached hydrogen (secondary N) is 1. The maximum atomic E-state index is 11.2. The molecule has 7 heteroatoms. The van der Waals surface area contributed by atoms with Crippen LogP contribution in [-0.4, -0.2) is 30.7 Å². The summed E-state index contributed by atoms with van der Waals surface area (Å²) < 4.78 is 24.7. The van der Waals surface area contributed by atoms with Crippen LogP contribution in [0.15, 0.2) is 18.6 Å². The molecule has 0 spiro atoms. The van der Waals surface area contributed by atoms with Crippen LogP contribution in [0.1, 0.15) is 5.69 Å². The van der Waals surface area contributed by atoms with Crippen LogP contribution < -0.4 is 10.5 Å². The molecule has 0 atom stereocenters. The molecule has 0 aromatic carbocycles. The smallest absolute Gasteiger partial charge is 0.213 e. The average molecular weight is 216 g/mol. The van der Waals surface area contributed by atoms with Gasteiger partial charge in [-0.2, -0.15) is 0 Å². The Hall–Kier alpha value is -1.05. The van der Waals surface area contributed by atoms with Gasteiger partial charge in [0.2, 0.25) is 10.0 Å². The fourth-order valence-electron chi connectivity index (χ4n) is 0.834. The molecule has 1 heterocycles. The third kappa shape index (κ3) is 3.77. The van der Waals surface area contributed by atoms with Crippen molar-refractivity contribution in [1.29, 1.82) is 0 Å². The van der Waals surface area contributed by atoms with E-state index >= 15 is 0 Å². The lowest BCUT2D eigenvalue weighted by molar-refractivity contribution is 0.580. The van der Waals surface area contributed by atoms with Crippen LogP contribution in [0.25, 0.3) is 0 Å². The lowest BCUT2D eigenvalue weighted by atomic mass is 10.4. The quantitative estimate of drug-likeness (QED) is 0.648. The molecule has 0 aliphatic carbocycles. The van der Waals surface area contributed by atoms with E-state index in [1.165, 1.54) is 6.33 Å². The van der Waals surface area contributed by atoms with Gasteiger partial charge in [0.25, 0.3) is 0 Å². The molecule has 0 unspecified atom stereocenters. The van der Waals surface area contributed by atoms with Crippen molar-refractivity contribution in [1.82, 2.24) is 14.7 Å². The third-order valence-electron chi connectivity index (χ3n) is 1.50. The van der Waals surface area contributed by atoms with Crippen molar-refractivity contribution < 1.29 is 8.42 Å². The van der Waals surface area contributed by atoms with Crippen molar-refractivity contribution in [3.63, 3.8) is 0 Å². The summed E-state index contributed by atoms with van der Waals surface area (Å²) in [5, 5.41) is 0. The van der Waals surface area contributed by atoms with E-state index < -0.39 is 10.0 Å². The zero-order valence-corrected chi connectivity index (χ0v) is 8.37. The predicted molar refractivity (Wildman–Crippen MR) is 51.7 cm³/mol. The van der Waals surface area contributed by atoms with Crippen molar-refractivity contribution in [2.45, 2.75) is 6.54 Å². The Balaban J connectivity index is 2.49. The highest BCUT2D eigenvalue weighted by Gasteiger charge is 2.07. The van der Waals surface area contributed by atoms with E-state index in [-0.39, 0.29) is 18.8 Å². The molecule has 0 saturated carbocycles. The second-order valence-electron chi connectivity index (χ2n) is 2.63. The molecule has 0 aliphatic rings. The Morgan fingerprint density at radius 1 is 1.50 bits per heavy atom. The minimum atomic E-state index is -3.27. The molecule has 1 rings (SSSR count). The Labute approximate surface area is 82.6 Å². The second-order valence-corrected chi connectivity index (χ2v) is 4.56. The van der Waals surface area contributed by atoms with Crippen LogP contribution in [0.3, 0.4) is 0 Å². The molecular formula is C7H12N4O2S. The first kappa shape index (κ1) is 11.0. The van der Waals surface area contributed by atoms with Crippen LogP contribution in [-0.2, 0) is 16.6 Å². The van der Waals surface area contributed by atoms with E-state index in [9.17, 15) is 8.42 Å². The zero-order valence-electron chi connectivity index (χ0n) is 7.55. The summed E-state index contributed by atoms with van der Waals surface area (Å²) in [6.07, 6.45) is 2.92. The molecule has 78 valence electrons. The number of hydrogen-bond acceptors (Lipinski definition) is 5. The maximum Gasteiger partial charge on any atom is 0.213 e. The van der Waals surface area contributed by atoms with E-state index in [0.717, 1.165) is 0 Å². The average Bonchev–Trinajstić information content (AvgIpc) is 2.17. The summed E-state index contributed by atoms with van der Waals surface area (Å²) in [5.74, 6) is -0.0713. The fourth-order valence-corrected chi connectivity index (χ4v) is 1.66. The predicted octanol–water partition coefficient (Wildman–Crippen LogP) is -1.15. The highest BCUT2D eigenvalue weighted by molar-refractivity contribution is 7.89. The third-order valence-corrected chi connectivity index (χ3v) is 2.86. The molecule has 14 heavy (non-hydrogen) atoms. The lowest BCUT2D eigenvalue weighted by Gasteiger charge is -2.03. The molecule has 3 N–H and O–H groups in total. The minimum Gasteiger partial charge on any atom is -0.329 e. The van der Waals surface area contributed by atoms with Crippen molar-refractivity contribution in [3.05, 3.63) is 24.3 Å². The van der Waals surface area contributed by atoms with E-state index in [1.807, 2.05) is 0 Å². The van der Waals surface area contributed by atoms with Gasteiger partial charge in [0.1, 0.15) is 6.33 Å². The van der Waals surface area contributed by atoms with Crippen LogP contribution in [0.2, 0.25) is 0 Å². The van der Waals surface area contributed by atoms with Gasteiger partial charge in [0.15, 0.2) is 0 Å². The van der Waals surface area contributed by atoms with Gasteiger partial charge in [-0.05, 0) is 6.07 Å². The van der Waals surface area contributed by atoms with Crippen LogP contribution in [0, 0.1) is 0 Å². The molecule has 0 bridgehead atoms. The van der Waals surface area contributed by atoms with Gasteiger partial charge in [-0.3, -0.25) is 0 Å². The number of nitrogens with zero attached hydrogens (tertiary/aromatic N) is 2. The number of sulfonamides is 1. The minimum absolute atomic E-state index is 0.0713. The summed E-state index contributed by atoms with van der Waals surface area (Å²) in [6, 6.07) is 1.64.